The van der Waals surface area contributed by atoms with Crippen molar-refractivity contribution in [3.8, 4) is 0 Å². The quantitative estimate of drug-likeness (QED) is 0.722. The molecule has 112 valence electrons. The van der Waals surface area contributed by atoms with Gasteiger partial charge in [-0.2, -0.15) is 0 Å². The molecular weight excluding hydrogens is 325 g/mol. The average Bonchev–Trinajstić information content (AvgIpc) is 2.42. The van der Waals surface area contributed by atoms with Gasteiger partial charge in [-0.1, -0.05) is 53.9 Å². The van der Waals surface area contributed by atoms with Crippen LogP contribution in [0.3, 0.4) is 0 Å². The highest BCUT2D eigenvalue weighted by Gasteiger charge is 2.22. The maximum Gasteiger partial charge on any atom is 0.0621 e. The molecule has 0 aliphatic heterocycles. The molecule has 0 saturated carbocycles. The Labute approximate surface area is 141 Å². The molecule has 1 unspecified atom stereocenters. The van der Waals surface area contributed by atoms with Gasteiger partial charge >= 0.3 is 0 Å². The van der Waals surface area contributed by atoms with Gasteiger partial charge in [0.25, 0.3) is 0 Å². The fraction of sp³-hybridized carbons (Fsp3) is 0.294. The molecule has 1 atom stereocenters. The summed E-state index contributed by atoms with van der Waals surface area (Å²) >= 11 is 19.2. The van der Waals surface area contributed by atoms with E-state index < -0.39 is 0 Å². The van der Waals surface area contributed by atoms with E-state index in [9.17, 15) is 0 Å². The molecule has 0 aliphatic rings. The third kappa shape index (κ3) is 3.54. The normalized spacial score (nSPS) is 12.5. The molecule has 2 aromatic rings. The molecular formula is C17H18Cl3N. The van der Waals surface area contributed by atoms with Crippen LogP contribution in [0.15, 0.2) is 30.3 Å². The highest BCUT2D eigenvalue weighted by Crippen LogP contribution is 2.37. The highest BCUT2D eigenvalue weighted by molar-refractivity contribution is 6.36. The van der Waals surface area contributed by atoms with Crippen molar-refractivity contribution in [3.63, 3.8) is 0 Å². The third-order valence-corrected chi connectivity index (χ3v) is 4.61. The van der Waals surface area contributed by atoms with Crippen LogP contribution in [0.4, 0.5) is 0 Å². The molecule has 0 aliphatic carbocycles. The first-order chi connectivity index (χ1) is 9.95. The van der Waals surface area contributed by atoms with Gasteiger partial charge < -0.3 is 5.32 Å². The smallest absolute Gasteiger partial charge is 0.0621 e. The summed E-state index contributed by atoms with van der Waals surface area (Å²) in [5, 5.41) is 5.44. The minimum absolute atomic E-state index is 0.122. The maximum absolute atomic E-state index is 6.46. The zero-order chi connectivity index (χ0) is 15.6. The Morgan fingerprint density at radius 3 is 2.10 bits per heavy atom. The second-order valence-corrected chi connectivity index (χ2v) is 6.31. The molecule has 1 N–H and O–H groups in total. The molecule has 0 aromatic heterocycles. The number of hydrogen-bond donors (Lipinski definition) is 1. The molecule has 0 amide bonds. The van der Waals surface area contributed by atoms with Crippen molar-refractivity contribution in [1.29, 1.82) is 0 Å². The van der Waals surface area contributed by atoms with Crippen molar-refractivity contribution in [2.24, 2.45) is 0 Å². The lowest BCUT2D eigenvalue weighted by Crippen LogP contribution is -2.23. The van der Waals surface area contributed by atoms with E-state index in [1.165, 1.54) is 11.1 Å². The second-order valence-electron chi connectivity index (χ2n) is 5.08. The molecule has 0 saturated heterocycles. The van der Waals surface area contributed by atoms with Crippen LogP contribution in [-0.4, -0.2) is 6.54 Å². The van der Waals surface area contributed by atoms with Crippen LogP contribution in [0.2, 0.25) is 15.1 Å². The van der Waals surface area contributed by atoms with Crippen LogP contribution in [0.1, 0.15) is 35.2 Å². The molecule has 4 heteroatoms. The van der Waals surface area contributed by atoms with E-state index in [1.807, 2.05) is 31.2 Å². The number of rotatable bonds is 4. The van der Waals surface area contributed by atoms with Crippen molar-refractivity contribution in [1.82, 2.24) is 5.32 Å². The molecule has 0 bridgehead atoms. The minimum Gasteiger partial charge on any atom is -0.306 e. The van der Waals surface area contributed by atoms with Gasteiger partial charge in [-0.05, 0) is 55.3 Å². The summed E-state index contributed by atoms with van der Waals surface area (Å²) in [4.78, 5) is 0. The van der Waals surface area contributed by atoms with E-state index in [4.69, 9.17) is 34.8 Å². The van der Waals surface area contributed by atoms with Gasteiger partial charge in [-0.3, -0.25) is 0 Å². The van der Waals surface area contributed by atoms with E-state index in [2.05, 4.69) is 25.2 Å². The summed E-state index contributed by atoms with van der Waals surface area (Å²) < 4.78 is 0. The molecule has 0 radical (unpaired) electrons. The monoisotopic (exact) mass is 341 g/mol. The van der Waals surface area contributed by atoms with Crippen LogP contribution in [-0.2, 0) is 0 Å². The number of nitrogens with one attached hydrogen (secondary N) is 1. The molecule has 21 heavy (non-hydrogen) atoms. The molecule has 1 nitrogen and oxygen atoms in total. The number of aryl methyl sites for hydroxylation is 2. The standard InChI is InChI=1S/C17H18Cl3N/c1-4-21-17(16-13(18)6-5-7-14(16)19)12-8-10(2)11(3)9-15(12)20/h5-9,17,21H,4H2,1-3H3. The molecule has 0 spiro atoms. The largest absolute Gasteiger partial charge is 0.306 e. The van der Waals surface area contributed by atoms with Gasteiger partial charge in [0.2, 0.25) is 0 Å². The fourth-order valence-electron chi connectivity index (χ4n) is 2.38. The van der Waals surface area contributed by atoms with E-state index in [-0.39, 0.29) is 6.04 Å². The molecule has 0 heterocycles. The maximum atomic E-state index is 6.46. The SMILES string of the molecule is CCNC(c1cc(C)c(C)cc1Cl)c1c(Cl)cccc1Cl. The van der Waals surface area contributed by atoms with E-state index in [0.717, 1.165) is 22.7 Å². The van der Waals surface area contributed by atoms with Gasteiger partial charge in [0.15, 0.2) is 0 Å². The van der Waals surface area contributed by atoms with Crippen molar-refractivity contribution >= 4 is 34.8 Å². The molecule has 0 fully saturated rings. The summed E-state index contributed by atoms with van der Waals surface area (Å²) in [6.07, 6.45) is 0. The third-order valence-electron chi connectivity index (χ3n) is 3.62. The first-order valence-electron chi connectivity index (χ1n) is 6.89. The lowest BCUT2D eigenvalue weighted by Gasteiger charge is -2.23. The zero-order valence-corrected chi connectivity index (χ0v) is 14.6. The average molecular weight is 343 g/mol. The van der Waals surface area contributed by atoms with Gasteiger partial charge in [0.1, 0.15) is 0 Å². The Balaban J connectivity index is 2.62. The Morgan fingerprint density at radius 1 is 0.952 bits per heavy atom. The first-order valence-corrected chi connectivity index (χ1v) is 8.03. The zero-order valence-electron chi connectivity index (χ0n) is 12.3. The summed E-state index contributed by atoms with van der Waals surface area (Å²) in [5.41, 5.74) is 4.23. The van der Waals surface area contributed by atoms with Crippen molar-refractivity contribution in [3.05, 3.63) is 67.7 Å². The lowest BCUT2D eigenvalue weighted by atomic mass is 9.95. The lowest BCUT2D eigenvalue weighted by molar-refractivity contribution is 0.630. The number of benzene rings is 2. The summed E-state index contributed by atoms with van der Waals surface area (Å²) in [7, 11) is 0. The number of halogens is 3. The van der Waals surface area contributed by atoms with E-state index in [0.29, 0.717) is 10.0 Å². The Morgan fingerprint density at radius 2 is 1.52 bits per heavy atom. The Bertz CT molecular complexity index is 632. The number of hydrogen-bond acceptors (Lipinski definition) is 1. The van der Waals surface area contributed by atoms with Crippen LogP contribution in [0.25, 0.3) is 0 Å². The first kappa shape index (κ1) is 16.6. The summed E-state index contributed by atoms with van der Waals surface area (Å²) in [6.45, 7) is 6.96. The topological polar surface area (TPSA) is 12.0 Å². The van der Waals surface area contributed by atoms with Crippen molar-refractivity contribution < 1.29 is 0 Å². The highest BCUT2D eigenvalue weighted by atomic mass is 35.5. The predicted octanol–water partition coefficient (Wildman–Crippen LogP) is 5.96. The molecule has 2 rings (SSSR count). The summed E-state index contributed by atoms with van der Waals surface area (Å²) in [6, 6.07) is 9.51. The molecule has 2 aromatic carbocycles. The predicted molar refractivity (Wildman–Crippen MR) is 92.9 cm³/mol. The van der Waals surface area contributed by atoms with Crippen molar-refractivity contribution in [2.75, 3.05) is 6.54 Å². The van der Waals surface area contributed by atoms with E-state index in [1.54, 1.807) is 0 Å². The van der Waals surface area contributed by atoms with Crippen LogP contribution < -0.4 is 5.32 Å². The minimum atomic E-state index is -0.122. The second kappa shape index (κ2) is 7.02. The van der Waals surface area contributed by atoms with Crippen LogP contribution in [0.5, 0.6) is 0 Å². The van der Waals surface area contributed by atoms with E-state index >= 15 is 0 Å². The Kier molecular flexibility index (Phi) is 5.56. The van der Waals surface area contributed by atoms with Gasteiger partial charge in [0.05, 0.1) is 6.04 Å². The fourth-order valence-corrected chi connectivity index (χ4v) is 3.33. The van der Waals surface area contributed by atoms with Crippen LogP contribution in [0, 0.1) is 13.8 Å². The van der Waals surface area contributed by atoms with Gasteiger partial charge in [-0.15, -0.1) is 0 Å². The Hall–Kier alpha value is -0.730. The van der Waals surface area contributed by atoms with Gasteiger partial charge in [-0.25, -0.2) is 0 Å². The summed E-state index contributed by atoms with van der Waals surface area (Å²) in [5.74, 6) is 0. The van der Waals surface area contributed by atoms with Crippen LogP contribution >= 0.6 is 34.8 Å². The van der Waals surface area contributed by atoms with Gasteiger partial charge in [0, 0.05) is 20.6 Å². The van der Waals surface area contributed by atoms with Crippen molar-refractivity contribution in [2.45, 2.75) is 26.8 Å².